The van der Waals surface area contributed by atoms with Crippen molar-refractivity contribution in [3.05, 3.63) is 0 Å². The van der Waals surface area contributed by atoms with Gasteiger partial charge in [0, 0.05) is 5.41 Å². The number of hydrogen-bond acceptors (Lipinski definition) is 1. The van der Waals surface area contributed by atoms with E-state index >= 15 is 0 Å². The minimum Gasteiger partial charge on any atom is -0.0562 e. The van der Waals surface area contributed by atoms with E-state index in [1.165, 1.54) is 38.3 Å². The molecule has 0 amide bonds. The van der Waals surface area contributed by atoms with Gasteiger partial charge in [0.25, 0.3) is 0 Å². The SMILES string of the molecule is CC(C)(C)C[P+](=S)C1CCCCC1. The molecule has 0 aromatic carbocycles. The van der Waals surface area contributed by atoms with Crippen molar-refractivity contribution in [2.45, 2.75) is 58.5 Å². The van der Waals surface area contributed by atoms with Crippen molar-refractivity contribution in [3.8, 4) is 0 Å². The molecule has 1 unspecified atom stereocenters. The fraction of sp³-hybridized carbons (Fsp3) is 1.00. The minimum atomic E-state index is -0.103. The van der Waals surface area contributed by atoms with Gasteiger partial charge in [0.15, 0.2) is 18.5 Å². The average Bonchev–Trinajstić information content (AvgIpc) is 2.03. The minimum absolute atomic E-state index is 0.103. The molecule has 0 saturated heterocycles. The van der Waals surface area contributed by atoms with E-state index in [2.05, 4.69) is 20.8 Å². The Labute approximate surface area is 88.9 Å². The Balaban J connectivity index is 2.38. The van der Waals surface area contributed by atoms with Crippen molar-refractivity contribution < 1.29 is 0 Å². The highest BCUT2D eigenvalue weighted by Gasteiger charge is 2.31. The highest BCUT2D eigenvalue weighted by atomic mass is 32.4. The summed E-state index contributed by atoms with van der Waals surface area (Å²) in [7, 11) is 0. The molecule has 0 aromatic rings. The molecule has 1 rings (SSSR count). The molecule has 0 heterocycles. The number of rotatable bonds is 2. The molecule has 1 aliphatic rings. The first-order valence-corrected chi connectivity index (χ1v) is 8.04. The molecule has 1 aliphatic carbocycles. The summed E-state index contributed by atoms with van der Waals surface area (Å²) in [5, 5.41) is 0. The standard InChI is InChI=1S/C11H22PS/c1-11(2,3)9-12(13)10-7-5-4-6-8-10/h10H,4-9H2,1-3H3/q+1. The van der Waals surface area contributed by atoms with Gasteiger partial charge >= 0.3 is 0 Å². The quantitative estimate of drug-likeness (QED) is 0.621. The molecule has 0 spiro atoms. The zero-order valence-electron chi connectivity index (χ0n) is 9.18. The van der Waals surface area contributed by atoms with Crippen LogP contribution >= 0.6 is 6.70 Å². The lowest BCUT2D eigenvalue weighted by atomic mass is 10.00. The monoisotopic (exact) mass is 217 g/mol. The molecule has 0 N–H and O–H groups in total. The zero-order chi connectivity index (χ0) is 9.90. The van der Waals surface area contributed by atoms with E-state index < -0.39 is 0 Å². The van der Waals surface area contributed by atoms with E-state index in [1.54, 1.807) is 0 Å². The molecular weight excluding hydrogens is 195 g/mol. The van der Waals surface area contributed by atoms with Crippen LogP contribution in [0, 0.1) is 5.41 Å². The second kappa shape index (κ2) is 4.84. The summed E-state index contributed by atoms with van der Waals surface area (Å²) < 4.78 is 0. The molecule has 1 fully saturated rings. The predicted molar refractivity (Wildman–Crippen MR) is 65.5 cm³/mol. The van der Waals surface area contributed by atoms with Crippen LogP contribution in [0.1, 0.15) is 52.9 Å². The molecule has 0 aromatic heterocycles. The Kier molecular flexibility index (Phi) is 4.32. The van der Waals surface area contributed by atoms with Crippen molar-refractivity contribution in [3.63, 3.8) is 0 Å². The summed E-state index contributed by atoms with van der Waals surface area (Å²) in [6.07, 6.45) is 8.44. The van der Waals surface area contributed by atoms with Crippen molar-refractivity contribution >= 4 is 18.5 Å². The smallest absolute Gasteiger partial charge is 0.0562 e. The summed E-state index contributed by atoms with van der Waals surface area (Å²) in [6.45, 7) is 6.85. The van der Waals surface area contributed by atoms with Gasteiger partial charge in [-0.05, 0) is 25.7 Å². The fourth-order valence-corrected chi connectivity index (χ4v) is 5.89. The summed E-state index contributed by atoms with van der Waals surface area (Å²) in [5.41, 5.74) is 1.36. The highest BCUT2D eigenvalue weighted by Crippen LogP contribution is 2.42. The van der Waals surface area contributed by atoms with E-state index in [9.17, 15) is 0 Å². The van der Waals surface area contributed by atoms with Gasteiger partial charge in [-0.1, -0.05) is 27.2 Å². The van der Waals surface area contributed by atoms with Crippen LogP contribution in [0.5, 0.6) is 0 Å². The molecule has 1 atom stereocenters. The highest BCUT2D eigenvalue weighted by molar-refractivity contribution is 8.05. The van der Waals surface area contributed by atoms with Crippen molar-refractivity contribution in [2.24, 2.45) is 5.41 Å². The van der Waals surface area contributed by atoms with Gasteiger partial charge in [0.2, 0.25) is 0 Å². The maximum absolute atomic E-state index is 5.67. The largest absolute Gasteiger partial charge is 0.178 e. The predicted octanol–water partition coefficient (Wildman–Crippen LogP) is 4.31. The topological polar surface area (TPSA) is 0 Å². The molecular formula is C11H22PS+. The summed E-state index contributed by atoms with van der Waals surface area (Å²) >= 11 is 5.67. The van der Waals surface area contributed by atoms with Gasteiger partial charge in [0.1, 0.15) is 11.8 Å². The fourth-order valence-electron chi connectivity index (χ4n) is 1.97. The van der Waals surface area contributed by atoms with Crippen LogP contribution in [0.15, 0.2) is 0 Å². The third-order valence-corrected chi connectivity index (χ3v) is 6.49. The molecule has 0 nitrogen and oxygen atoms in total. The van der Waals surface area contributed by atoms with Gasteiger partial charge in [-0.2, -0.15) is 0 Å². The maximum atomic E-state index is 5.67. The van der Waals surface area contributed by atoms with Gasteiger partial charge < -0.3 is 0 Å². The normalized spacial score (nSPS) is 21.6. The van der Waals surface area contributed by atoms with Crippen LogP contribution in [0.2, 0.25) is 0 Å². The van der Waals surface area contributed by atoms with E-state index in [0.29, 0.717) is 5.41 Å². The Bertz CT molecular complexity index is 175. The third-order valence-electron chi connectivity index (χ3n) is 2.61. The van der Waals surface area contributed by atoms with E-state index in [4.69, 9.17) is 11.8 Å². The molecule has 13 heavy (non-hydrogen) atoms. The van der Waals surface area contributed by atoms with Crippen LogP contribution < -0.4 is 0 Å². The summed E-state index contributed by atoms with van der Waals surface area (Å²) in [6, 6.07) is 0. The third kappa shape index (κ3) is 4.51. The Morgan fingerprint density at radius 2 is 1.69 bits per heavy atom. The first-order chi connectivity index (χ1) is 5.99. The van der Waals surface area contributed by atoms with Crippen LogP contribution in [0.25, 0.3) is 0 Å². The van der Waals surface area contributed by atoms with Gasteiger partial charge in [-0.15, -0.1) is 0 Å². The first kappa shape index (κ1) is 11.6. The molecule has 0 aliphatic heterocycles. The second-order valence-electron chi connectivity index (χ2n) is 5.43. The number of hydrogen-bond donors (Lipinski definition) is 0. The van der Waals surface area contributed by atoms with E-state index in [0.717, 1.165) is 5.66 Å². The van der Waals surface area contributed by atoms with E-state index in [-0.39, 0.29) is 6.70 Å². The second-order valence-corrected chi connectivity index (χ2v) is 8.72. The van der Waals surface area contributed by atoms with Gasteiger partial charge in [-0.25, -0.2) is 0 Å². The van der Waals surface area contributed by atoms with Crippen LogP contribution in [-0.4, -0.2) is 11.8 Å². The lowest BCUT2D eigenvalue weighted by Gasteiger charge is -2.19. The molecule has 1 saturated carbocycles. The van der Waals surface area contributed by atoms with Crippen LogP contribution in [0.4, 0.5) is 0 Å². The Morgan fingerprint density at radius 3 is 2.15 bits per heavy atom. The van der Waals surface area contributed by atoms with Crippen LogP contribution in [0.3, 0.4) is 0 Å². The summed E-state index contributed by atoms with van der Waals surface area (Å²) in [5.74, 6) is 0. The van der Waals surface area contributed by atoms with E-state index in [1.807, 2.05) is 0 Å². The Hall–Kier alpha value is 0.520. The van der Waals surface area contributed by atoms with Gasteiger partial charge in [0.05, 0.1) is 0 Å². The van der Waals surface area contributed by atoms with Crippen molar-refractivity contribution in [1.82, 2.24) is 0 Å². The molecule has 76 valence electrons. The van der Waals surface area contributed by atoms with Crippen molar-refractivity contribution in [1.29, 1.82) is 0 Å². The molecule has 2 heteroatoms. The lowest BCUT2D eigenvalue weighted by Crippen LogP contribution is -2.15. The Morgan fingerprint density at radius 1 is 1.15 bits per heavy atom. The van der Waals surface area contributed by atoms with Gasteiger partial charge in [-0.3, -0.25) is 0 Å². The molecule has 0 radical (unpaired) electrons. The maximum Gasteiger partial charge on any atom is 0.178 e. The lowest BCUT2D eigenvalue weighted by molar-refractivity contribution is 0.469. The van der Waals surface area contributed by atoms with Crippen LogP contribution in [-0.2, 0) is 11.8 Å². The summed E-state index contributed by atoms with van der Waals surface area (Å²) in [4.78, 5) is 0. The van der Waals surface area contributed by atoms with Crippen molar-refractivity contribution in [2.75, 3.05) is 6.16 Å². The zero-order valence-corrected chi connectivity index (χ0v) is 10.9. The average molecular weight is 217 g/mol. The first-order valence-electron chi connectivity index (χ1n) is 5.43. The molecule has 0 bridgehead atoms.